The molecule has 0 saturated carbocycles. The van der Waals surface area contributed by atoms with Crippen molar-refractivity contribution in [2.24, 2.45) is 5.92 Å². The van der Waals surface area contributed by atoms with Crippen molar-refractivity contribution >= 4 is 11.3 Å². The van der Waals surface area contributed by atoms with Crippen molar-refractivity contribution in [1.82, 2.24) is 10.3 Å². The molecule has 1 aromatic heterocycles. The van der Waals surface area contributed by atoms with Gasteiger partial charge in [-0.25, -0.2) is 4.98 Å². The second-order valence-electron chi connectivity index (χ2n) is 5.30. The highest BCUT2D eigenvalue weighted by Crippen LogP contribution is 2.37. The number of nitrogens with zero attached hydrogens (tertiary/aromatic N) is 1. The van der Waals surface area contributed by atoms with Crippen LogP contribution in [0.5, 0.6) is 5.75 Å². The standard InChI is InChI=1S/C16H20N2OS/c1-3-13(16-17-8-9-20-16)18-15-11(2)10-19-14-7-5-4-6-12(14)15/h4-9,11,13,15,18H,3,10H2,1-2H3. The van der Waals surface area contributed by atoms with Gasteiger partial charge in [0.25, 0.3) is 0 Å². The predicted molar refractivity (Wildman–Crippen MR) is 82.1 cm³/mol. The van der Waals surface area contributed by atoms with Crippen LogP contribution >= 0.6 is 11.3 Å². The third-order valence-corrected chi connectivity index (χ3v) is 4.75. The van der Waals surface area contributed by atoms with Crippen molar-refractivity contribution in [2.45, 2.75) is 32.4 Å². The van der Waals surface area contributed by atoms with Crippen molar-refractivity contribution < 1.29 is 4.74 Å². The van der Waals surface area contributed by atoms with E-state index in [0.717, 1.165) is 18.8 Å². The molecule has 20 heavy (non-hydrogen) atoms. The fourth-order valence-corrected chi connectivity index (χ4v) is 3.52. The number of aromatic nitrogens is 1. The lowest BCUT2D eigenvalue weighted by Gasteiger charge is -2.34. The monoisotopic (exact) mass is 288 g/mol. The quantitative estimate of drug-likeness (QED) is 0.925. The lowest BCUT2D eigenvalue weighted by Crippen LogP contribution is -2.36. The average molecular weight is 288 g/mol. The number of fused-ring (bicyclic) bond motifs is 1. The number of hydrogen-bond donors (Lipinski definition) is 1. The van der Waals surface area contributed by atoms with E-state index in [1.165, 1.54) is 10.6 Å². The van der Waals surface area contributed by atoms with E-state index in [9.17, 15) is 0 Å². The Bertz CT molecular complexity index is 555. The number of ether oxygens (including phenoxy) is 1. The van der Waals surface area contributed by atoms with Gasteiger partial charge < -0.3 is 10.1 Å². The molecule has 4 heteroatoms. The highest BCUT2D eigenvalue weighted by molar-refractivity contribution is 7.09. The van der Waals surface area contributed by atoms with Gasteiger partial charge in [-0.15, -0.1) is 11.3 Å². The van der Waals surface area contributed by atoms with Gasteiger partial charge in [0.2, 0.25) is 0 Å². The Labute approximate surface area is 124 Å². The van der Waals surface area contributed by atoms with Gasteiger partial charge in [-0.1, -0.05) is 32.0 Å². The molecule has 1 N–H and O–H groups in total. The number of thiazole rings is 1. The molecular weight excluding hydrogens is 268 g/mol. The Morgan fingerprint density at radius 1 is 1.45 bits per heavy atom. The summed E-state index contributed by atoms with van der Waals surface area (Å²) in [6.07, 6.45) is 2.92. The number of rotatable bonds is 4. The molecular formula is C16H20N2OS. The lowest BCUT2D eigenvalue weighted by molar-refractivity contribution is 0.179. The normalized spacial score (nSPS) is 22.9. The molecule has 0 amide bonds. The molecule has 3 atom stereocenters. The van der Waals surface area contributed by atoms with Gasteiger partial charge in [-0.3, -0.25) is 0 Å². The summed E-state index contributed by atoms with van der Waals surface area (Å²) in [6.45, 7) is 5.21. The summed E-state index contributed by atoms with van der Waals surface area (Å²) in [5.74, 6) is 1.47. The minimum atomic E-state index is 0.314. The fourth-order valence-electron chi connectivity index (χ4n) is 2.73. The van der Waals surface area contributed by atoms with E-state index in [0.29, 0.717) is 18.0 Å². The van der Waals surface area contributed by atoms with E-state index in [1.54, 1.807) is 11.3 Å². The maximum absolute atomic E-state index is 5.82. The maximum atomic E-state index is 5.82. The SMILES string of the molecule is CCC(NC1c2ccccc2OCC1C)c1nccs1. The van der Waals surface area contributed by atoms with Crippen molar-refractivity contribution in [2.75, 3.05) is 6.61 Å². The number of nitrogens with one attached hydrogen (secondary N) is 1. The molecule has 3 unspecified atom stereocenters. The van der Waals surface area contributed by atoms with Gasteiger partial charge in [-0.05, 0) is 12.5 Å². The molecule has 0 saturated heterocycles. The van der Waals surface area contributed by atoms with Crippen LogP contribution in [-0.4, -0.2) is 11.6 Å². The molecule has 0 fully saturated rings. The highest BCUT2D eigenvalue weighted by Gasteiger charge is 2.29. The second-order valence-corrected chi connectivity index (χ2v) is 6.23. The van der Waals surface area contributed by atoms with Gasteiger partial charge in [0.15, 0.2) is 0 Å². The minimum Gasteiger partial charge on any atom is -0.493 e. The van der Waals surface area contributed by atoms with Crippen LogP contribution in [0, 0.1) is 5.92 Å². The van der Waals surface area contributed by atoms with Crippen LogP contribution in [0.2, 0.25) is 0 Å². The molecule has 0 aliphatic carbocycles. The van der Waals surface area contributed by atoms with Crippen LogP contribution < -0.4 is 10.1 Å². The van der Waals surface area contributed by atoms with Crippen LogP contribution in [0.3, 0.4) is 0 Å². The molecule has 0 radical (unpaired) electrons. The summed E-state index contributed by atoms with van der Waals surface area (Å²) < 4.78 is 5.82. The first-order valence-corrected chi connectivity index (χ1v) is 8.04. The summed E-state index contributed by atoms with van der Waals surface area (Å²) in [6, 6.07) is 8.98. The largest absolute Gasteiger partial charge is 0.493 e. The van der Waals surface area contributed by atoms with Crippen LogP contribution in [0.15, 0.2) is 35.8 Å². The van der Waals surface area contributed by atoms with E-state index in [4.69, 9.17) is 4.74 Å². The van der Waals surface area contributed by atoms with E-state index >= 15 is 0 Å². The van der Waals surface area contributed by atoms with Gasteiger partial charge in [0.05, 0.1) is 12.6 Å². The van der Waals surface area contributed by atoms with Gasteiger partial charge in [0.1, 0.15) is 10.8 Å². The Balaban J connectivity index is 1.86. The number of benzene rings is 1. The van der Waals surface area contributed by atoms with Crippen LogP contribution in [0.4, 0.5) is 0 Å². The van der Waals surface area contributed by atoms with E-state index < -0.39 is 0 Å². The van der Waals surface area contributed by atoms with E-state index in [-0.39, 0.29) is 0 Å². The van der Waals surface area contributed by atoms with Crippen molar-refractivity contribution in [3.8, 4) is 5.75 Å². The Morgan fingerprint density at radius 3 is 3.05 bits per heavy atom. The lowest BCUT2D eigenvalue weighted by atomic mass is 9.91. The molecule has 2 aromatic rings. The smallest absolute Gasteiger partial charge is 0.124 e. The molecule has 3 nitrogen and oxygen atoms in total. The maximum Gasteiger partial charge on any atom is 0.124 e. The average Bonchev–Trinajstić information content (AvgIpc) is 3.00. The Kier molecular flexibility index (Phi) is 4.03. The first-order valence-electron chi connectivity index (χ1n) is 7.16. The van der Waals surface area contributed by atoms with Crippen molar-refractivity contribution in [3.05, 3.63) is 46.4 Å². The summed E-state index contributed by atoms with van der Waals surface area (Å²) >= 11 is 1.72. The van der Waals surface area contributed by atoms with Crippen LogP contribution in [0.1, 0.15) is 42.9 Å². The topological polar surface area (TPSA) is 34.1 Å². The van der Waals surface area contributed by atoms with Gasteiger partial charge in [0, 0.05) is 29.1 Å². The first kappa shape index (κ1) is 13.6. The summed E-state index contributed by atoms with van der Waals surface area (Å²) in [5, 5.41) is 6.99. The Morgan fingerprint density at radius 2 is 2.30 bits per heavy atom. The third kappa shape index (κ3) is 2.58. The van der Waals surface area contributed by atoms with E-state index in [2.05, 4.69) is 42.3 Å². The third-order valence-electron chi connectivity index (χ3n) is 3.86. The summed E-state index contributed by atoms with van der Waals surface area (Å²) in [4.78, 5) is 4.46. The molecule has 0 spiro atoms. The molecule has 1 aliphatic heterocycles. The van der Waals surface area contributed by atoms with Crippen molar-refractivity contribution in [1.29, 1.82) is 0 Å². The van der Waals surface area contributed by atoms with E-state index in [1.807, 2.05) is 17.6 Å². The minimum absolute atomic E-state index is 0.314. The van der Waals surface area contributed by atoms with Crippen molar-refractivity contribution in [3.63, 3.8) is 0 Å². The zero-order valence-corrected chi connectivity index (χ0v) is 12.7. The molecule has 106 valence electrons. The van der Waals surface area contributed by atoms with Crippen LogP contribution in [0.25, 0.3) is 0 Å². The highest BCUT2D eigenvalue weighted by atomic mass is 32.1. The van der Waals surface area contributed by atoms with Gasteiger partial charge in [-0.2, -0.15) is 0 Å². The van der Waals surface area contributed by atoms with Crippen LogP contribution in [-0.2, 0) is 0 Å². The summed E-state index contributed by atoms with van der Waals surface area (Å²) in [5.41, 5.74) is 1.27. The Hall–Kier alpha value is -1.39. The molecule has 1 aliphatic rings. The second kappa shape index (κ2) is 5.94. The zero-order valence-electron chi connectivity index (χ0n) is 11.9. The molecule has 3 rings (SSSR count). The zero-order chi connectivity index (χ0) is 13.9. The first-order chi connectivity index (χ1) is 9.79. The fraction of sp³-hybridized carbons (Fsp3) is 0.438. The summed E-state index contributed by atoms with van der Waals surface area (Å²) in [7, 11) is 0. The molecule has 1 aromatic carbocycles. The molecule has 0 bridgehead atoms. The van der Waals surface area contributed by atoms with Gasteiger partial charge >= 0.3 is 0 Å². The predicted octanol–water partition coefficient (Wildman–Crippen LogP) is 3.95. The molecule has 2 heterocycles. The number of para-hydroxylation sites is 1. The number of hydrogen-bond acceptors (Lipinski definition) is 4.